The molecule has 0 aromatic rings. The van der Waals surface area contributed by atoms with Crippen LogP contribution in [0.2, 0.25) is 0 Å². The molecule has 1 aliphatic heterocycles. The van der Waals surface area contributed by atoms with E-state index in [4.69, 9.17) is 5.11 Å². The minimum Gasteiger partial charge on any atom is -0.481 e. The molecule has 1 unspecified atom stereocenters. The Morgan fingerprint density at radius 2 is 1.89 bits per heavy atom. The Morgan fingerprint density at radius 1 is 1.28 bits per heavy atom. The summed E-state index contributed by atoms with van der Waals surface area (Å²) in [6.45, 7) is 5.22. The van der Waals surface area contributed by atoms with E-state index in [1.54, 1.807) is 0 Å². The zero-order chi connectivity index (χ0) is 13.7. The SMILES string of the molecule is CN(C)C1CCN(C(=O)[C@H]2[C@@H](C(=O)O)C2(C)C)C1. The molecule has 102 valence electrons. The minimum absolute atomic E-state index is 0.0248. The monoisotopic (exact) mass is 254 g/mol. The smallest absolute Gasteiger partial charge is 0.307 e. The number of carbonyl (C=O) groups excluding carboxylic acids is 1. The molecule has 2 rings (SSSR count). The fraction of sp³-hybridized carbons (Fsp3) is 0.846. The maximum atomic E-state index is 12.4. The summed E-state index contributed by atoms with van der Waals surface area (Å²) in [5.74, 6) is -1.67. The van der Waals surface area contributed by atoms with Crippen LogP contribution in [0.5, 0.6) is 0 Å². The molecule has 2 fully saturated rings. The van der Waals surface area contributed by atoms with Crippen molar-refractivity contribution in [2.75, 3.05) is 27.2 Å². The second-order valence-electron chi connectivity index (χ2n) is 6.31. The van der Waals surface area contributed by atoms with Crippen molar-refractivity contribution >= 4 is 11.9 Å². The maximum absolute atomic E-state index is 12.4. The Morgan fingerprint density at radius 3 is 2.28 bits per heavy atom. The van der Waals surface area contributed by atoms with Gasteiger partial charge in [0.2, 0.25) is 5.91 Å². The van der Waals surface area contributed by atoms with Crippen LogP contribution < -0.4 is 0 Å². The van der Waals surface area contributed by atoms with Crippen LogP contribution in [0.25, 0.3) is 0 Å². The molecule has 0 spiro atoms. The first-order valence-electron chi connectivity index (χ1n) is 6.45. The maximum Gasteiger partial charge on any atom is 0.307 e. The van der Waals surface area contributed by atoms with Gasteiger partial charge in [-0.1, -0.05) is 13.8 Å². The first-order valence-corrected chi connectivity index (χ1v) is 6.45. The van der Waals surface area contributed by atoms with Gasteiger partial charge in [0, 0.05) is 19.1 Å². The molecule has 0 aromatic carbocycles. The number of carbonyl (C=O) groups is 2. The lowest BCUT2D eigenvalue weighted by atomic mass is 10.1. The number of carboxylic acid groups (broad SMARTS) is 1. The fourth-order valence-electron chi connectivity index (χ4n) is 3.12. The van der Waals surface area contributed by atoms with E-state index in [1.165, 1.54) is 0 Å². The highest BCUT2D eigenvalue weighted by Gasteiger charge is 2.66. The lowest BCUT2D eigenvalue weighted by Gasteiger charge is -2.20. The molecule has 1 heterocycles. The first-order chi connectivity index (χ1) is 8.26. The number of hydrogen-bond donors (Lipinski definition) is 1. The minimum atomic E-state index is -0.846. The van der Waals surface area contributed by atoms with Crippen LogP contribution in [0, 0.1) is 17.3 Å². The summed E-state index contributed by atoms with van der Waals surface area (Å²) in [6.07, 6.45) is 0.976. The molecular weight excluding hydrogens is 232 g/mol. The van der Waals surface area contributed by atoms with Gasteiger partial charge in [-0.25, -0.2) is 0 Å². The van der Waals surface area contributed by atoms with Crippen LogP contribution in [0.4, 0.5) is 0 Å². The van der Waals surface area contributed by atoms with E-state index in [0.29, 0.717) is 6.04 Å². The number of aliphatic carboxylic acids is 1. The number of carboxylic acids is 1. The molecule has 0 radical (unpaired) electrons. The summed E-state index contributed by atoms with van der Waals surface area (Å²) in [6, 6.07) is 0.402. The predicted molar refractivity (Wildman–Crippen MR) is 67.1 cm³/mol. The summed E-state index contributed by atoms with van der Waals surface area (Å²) in [4.78, 5) is 27.4. The molecule has 0 bridgehead atoms. The molecule has 1 saturated heterocycles. The number of likely N-dealkylation sites (N-methyl/N-ethyl adjacent to an activating group) is 1. The zero-order valence-electron chi connectivity index (χ0n) is 11.5. The molecule has 1 amide bonds. The summed E-state index contributed by atoms with van der Waals surface area (Å²) in [7, 11) is 4.03. The van der Waals surface area contributed by atoms with E-state index >= 15 is 0 Å². The van der Waals surface area contributed by atoms with Gasteiger partial charge in [0.1, 0.15) is 0 Å². The van der Waals surface area contributed by atoms with Gasteiger partial charge in [-0.15, -0.1) is 0 Å². The molecule has 5 heteroatoms. The van der Waals surface area contributed by atoms with E-state index in [-0.39, 0.29) is 17.2 Å². The second-order valence-corrected chi connectivity index (χ2v) is 6.31. The highest BCUT2D eigenvalue weighted by atomic mass is 16.4. The van der Waals surface area contributed by atoms with E-state index in [1.807, 2.05) is 32.8 Å². The van der Waals surface area contributed by atoms with E-state index in [0.717, 1.165) is 19.5 Å². The molecule has 0 aromatic heterocycles. The number of nitrogens with zero attached hydrogens (tertiary/aromatic N) is 2. The number of rotatable bonds is 3. The molecule has 3 atom stereocenters. The fourth-order valence-corrected chi connectivity index (χ4v) is 3.12. The van der Waals surface area contributed by atoms with E-state index in [9.17, 15) is 9.59 Å². The predicted octanol–water partition coefficient (Wildman–Crippen LogP) is 0.506. The third-order valence-electron chi connectivity index (χ3n) is 4.56. The normalized spacial score (nSPS) is 33.8. The van der Waals surface area contributed by atoms with Gasteiger partial charge in [0.25, 0.3) is 0 Å². The molecule has 18 heavy (non-hydrogen) atoms. The summed E-state index contributed by atoms with van der Waals surface area (Å²) in [5, 5.41) is 9.11. The van der Waals surface area contributed by atoms with Gasteiger partial charge >= 0.3 is 5.97 Å². The third-order valence-corrected chi connectivity index (χ3v) is 4.56. The number of amides is 1. The van der Waals surface area contributed by atoms with Gasteiger partial charge in [-0.3, -0.25) is 9.59 Å². The Kier molecular flexibility index (Phi) is 3.13. The van der Waals surface area contributed by atoms with Crippen LogP contribution in [0.3, 0.4) is 0 Å². The molecule has 1 N–H and O–H groups in total. The van der Waals surface area contributed by atoms with Crippen molar-refractivity contribution in [2.45, 2.75) is 26.3 Å². The van der Waals surface area contributed by atoms with Crippen LogP contribution in [0.1, 0.15) is 20.3 Å². The van der Waals surface area contributed by atoms with Crippen LogP contribution in [-0.2, 0) is 9.59 Å². The molecule has 1 aliphatic carbocycles. The zero-order valence-corrected chi connectivity index (χ0v) is 11.5. The lowest BCUT2D eigenvalue weighted by Crippen LogP contribution is -2.36. The Balaban J connectivity index is 2.00. The van der Waals surface area contributed by atoms with Gasteiger partial charge in [0.05, 0.1) is 11.8 Å². The summed E-state index contributed by atoms with van der Waals surface area (Å²) < 4.78 is 0. The first kappa shape index (κ1) is 13.3. The van der Waals surface area contributed by atoms with Gasteiger partial charge < -0.3 is 14.9 Å². The van der Waals surface area contributed by atoms with Crippen molar-refractivity contribution in [1.82, 2.24) is 9.80 Å². The summed E-state index contributed by atoms with van der Waals surface area (Å²) >= 11 is 0. The average molecular weight is 254 g/mol. The van der Waals surface area contributed by atoms with Crippen LogP contribution >= 0.6 is 0 Å². The van der Waals surface area contributed by atoms with Crippen molar-refractivity contribution in [2.24, 2.45) is 17.3 Å². The van der Waals surface area contributed by atoms with Crippen molar-refractivity contribution in [3.63, 3.8) is 0 Å². The van der Waals surface area contributed by atoms with Crippen LogP contribution in [-0.4, -0.2) is 60.0 Å². The van der Waals surface area contributed by atoms with E-state index in [2.05, 4.69) is 4.90 Å². The second kappa shape index (κ2) is 4.23. The standard InChI is InChI=1S/C13H22N2O3/c1-13(2)9(10(13)12(17)18)11(16)15-6-5-8(7-15)14(3)4/h8-10H,5-7H2,1-4H3,(H,17,18)/t8?,9-,10+/m1/s1. The Bertz CT molecular complexity index is 378. The summed E-state index contributed by atoms with van der Waals surface area (Å²) in [5.41, 5.74) is -0.390. The van der Waals surface area contributed by atoms with Crippen molar-refractivity contribution < 1.29 is 14.7 Å². The molecule has 5 nitrogen and oxygen atoms in total. The van der Waals surface area contributed by atoms with Crippen molar-refractivity contribution in [1.29, 1.82) is 0 Å². The molecular formula is C13H22N2O3. The lowest BCUT2D eigenvalue weighted by molar-refractivity contribution is -0.141. The quantitative estimate of drug-likeness (QED) is 0.797. The number of likely N-dealkylation sites (tertiary alicyclic amines) is 1. The Labute approximate surface area is 108 Å². The topological polar surface area (TPSA) is 60.9 Å². The third kappa shape index (κ3) is 2.00. The molecule has 2 aliphatic rings. The highest BCUT2D eigenvalue weighted by molar-refractivity contribution is 5.91. The van der Waals surface area contributed by atoms with Gasteiger partial charge in [-0.05, 0) is 25.9 Å². The highest BCUT2D eigenvalue weighted by Crippen LogP contribution is 2.59. The van der Waals surface area contributed by atoms with Crippen molar-refractivity contribution in [3.05, 3.63) is 0 Å². The molecule has 1 saturated carbocycles. The average Bonchev–Trinajstić information content (AvgIpc) is 2.64. The van der Waals surface area contributed by atoms with E-state index < -0.39 is 11.9 Å². The Hall–Kier alpha value is -1.10. The van der Waals surface area contributed by atoms with Gasteiger partial charge in [0.15, 0.2) is 0 Å². The van der Waals surface area contributed by atoms with Gasteiger partial charge in [-0.2, -0.15) is 0 Å². The largest absolute Gasteiger partial charge is 0.481 e. The number of hydrogen-bond acceptors (Lipinski definition) is 3. The van der Waals surface area contributed by atoms with Crippen LogP contribution in [0.15, 0.2) is 0 Å². The van der Waals surface area contributed by atoms with Crippen molar-refractivity contribution in [3.8, 4) is 0 Å².